The minimum absolute atomic E-state index is 0.287. The Balaban J connectivity index is 2.51. The van der Waals surface area contributed by atoms with Crippen molar-refractivity contribution in [2.75, 3.05) is 25.1 Å². The number of carbonyl (C=O) groups is 1. The first-order chi connectivity index (χ1) is 8.50. The van der Waals surface area contributed by atoms with E-state index in [-0.39, 0.29) is 5.56 Å². The Labute approximate surface area is 107 Å². The Morgan fingerprint density at radius 2 is 2.22 bits per heavy atom. The number of hydrogen-bond acceptors (Lipinski definition) is 3. The van der Waals surface area contributed by atoms with E-state index in [1.165, 1.54) is 0 Å². The number of anilines is 1. The average Bonchev–Trinajstić information content (AvgIpc) is 2.29. The van der Waals surface area contributed by atoms with Crippen LogP contribution < -0.4 is 5.32 Å². The first-order valence-electron chi connectivity index (χ1n) is 5.80. The van der Waals surface area contributed by atoms with Gasteiger partial charge in [0, 0.05) is 12.2 Å². The Kier molecular flexibility index (Phi) is 5.39. The number of rotatable bonds is 7. The quantitative estimate of drug-likeness (QED) is 0.576. The molecule has 0 aliphatic heterocycles. The second kappa shape index (κ2) is 6.81. The van der Waals surface area contributed by atoms with Crippen LogP contribution in [0.1, 0.15) is 22.8 Å². The van der Waals surface area contributed by atoms with E-state index in [1.807, 2.05) is 19.9 Å². The lowest BCUT2D eigenvalue weighted by atomic mass is 10.1. The number of ether oxygens (including phenoxy) is 1. The molecule has 0 amide bonds. The molecule has 18 heavy (non-hydrogen) atoms. The van der Waals surface area contributed by atoms with Gasteiger partial charge in [0.05, 0.1) is 18.8 Å². The zero-order valence-corrected chi connectivity index (χ0v) is 10.8. The molecule has 1 aromatic carbocycles. The molecule has 0 saturated carbocycles. The van der Waals surface area contributed by atoms with Crippen molar-refractivity contribution < 1.29 is 14.6 Å². The van der Waals surface area contributed by atoms with Crippen molar-refractivity contribution in [3.63, 3.8) is 0 Å². The molecule has 0 heterocycles. The summed E-state index contributed by atoms with van der Waals surface area (Å²) in [6.07, 6.45) is 0. The van der Waals surface area contributed by atoms with Crippen molar-refractivity contribution in [3.05, 3.63) is 41.5 Å². The third-order valence-electron chi connectivity index (χ3n) is 2.32. The van der Waals surface area contributed by atoms with Gasteiger partial charge in [-0.25, -0.2) is 4.79 Å². The highest BCUT2D eigenvalue weighted by Gasteiger charge is 2.09. The number of nitrogens with one attached hydrogen (secondary N) is 1. The molecule has 4 heteroatoms. The van der Waals surface area contributed by atoms with E-state index in [4.69, 9.17) is 9.84 Å². The van der Waals surface area contributed by atoms with Crippen molar-refractivity contribution in [2.45, 2.75) is 13.8 Å². The molecule has 98 valence electrons. The zero-order valence-electron chi connectivity index (χ0n) is 10.8. The summed E-state index contributed by atoms with van der Waals surface area (Å²) in [6, 6.07) is 5.31. The predicted octanol–water partition coefficient (Wildman–Crippen LogP) is 2.70. The maximum Gasteiger partial charge on any atom is 0.337 e. The van der Waals surface area contributed by atoms with Crippen molar-refractivity contribution in [1.29, 1.82) is 0 Å². The smallest absolute Gasteiger partial charge is 0.337 e. The minimum atomic E-state index is -0.927. The fourth-order valence-corrected chi connectivity index (χ4v) is 1.49. The highest BCUT2D eigenvalue weighted by Crippen LogP contribution is 2.17. The molecule has 0 aliphatic rings. The van der Waals surface area contributed by atoms with Gasteiger partial charge in [0.1, 0.15) is 0 Å². The normalized spacial score (nSPS) is 10.1. The maximum absolute atomic E-state index is 11.1. The van der Waals surface area contributed by atoms with Crippen LogP contribution in [-0.4, -0.2) is 30.8 Å². The van der Waals surface area contributed by atoms with Crippen LogP contribution in [-0.2, 0) is 4.74 Å². The highest BCUT2D eigenvalue weighted by molar-refractivity contribution is 5.94. The van der Waals surface area contributed by atoms with E-state index in [0.29, 0.717) is 25.4 Å². The third kappa shape index (κ3) is 4.59. The monoisotopic (exact) mass is 249 g/mol. The van der Waals surface area contributed by atoms with Crippen LogP contribution in [0.25, 0.3) is 0 Å². The van der Waals surface area contributed by atoms with Gasteiger partial charge < -0.3 is 15.2 Å². The summed E-state index contributed by atoms with van der Waals surface area (Å²) in [5.41, 5.74) is 2.80. The molecule has 0 atom stereocenters. The second-order valence-electron chi connectivity index (χ2n) is 4.29. The van der Waals surface area contributed by atoms with Crippen molar-refractivity contribution in [1.82, 2.24) is 0 Å². The number of benzene rings is 1. The Hall–Kier alpha value is -1.81. The van der Waals surface area contributed by atoms with E-state index in [1.54, 1.807) is 12.1 Å². The fraction of sp³-hybridized carbons (Fsp3) is 0.357. The predicted molar refractivity (Wildman–Crippen MR) is 72.3 cm³/mol. The van der Waals surface area contributed by atoms with E-state index in [9.17, 15) is 4.79 Å². The Morgan fingerprint density at radius 3 is 2.83 bits per heavy atom. The minimum Gasteiger partial charge on any atom is -0.478 e. The van der Waals surface area contributed by atoms with E-state index < -0.39 is 5.97 Å². The molecule has 0 radical (unpaired) electrons. The zero-order chi connectivity index (χ0) is 13.5. The van der Waals surface area contributed by atoms with Crippen molar-refractivity contribution >= 4 is 11.7 Å². The summed E-state index contributed by atoms with van der Waals surface area (Å²) in [5, 5.41) is 12.1. The Bertz CT molecular complexity index is 441. The van der Waals surface area contributed by atoms with Gasteiger partial charge in [0.2, 0.25) is 0 Å². The van der Waals surface area contributed by atoms with Gasteiger partial charge in [-0.05, 0) is 26.0 Å². The maximum atomic E-state index is 11.1. The molecular formula is C14H19NO3. The fourth-order valence-electron chi connectivity index (χ4n) is 1.49. The highest BCUT2D eigenvalue weighted by atomic mass is 16.5. The van der Waals surface area contributed by atoms with Crippen LogP contribution in [0.15, 0.2) is 30.4 Å². The summed E-state index contributed by atoms with van der Waals surface area (Å²) in [4.78, 5) is 11.1. The molecular weight excluding hydrogens is 230 g/mol. The average molecular weight is 249 g/mol. The molecule has 0 bridgehead atoms. The van der Waals surface area contributed by atoms with Gasteiger partial charge in [-0.1, -0.05) is 23.8 Å². The standard InChI is InChI=1S/C14H19NO3/c1-10(2)9-18-7-6-15-13-5-4-11(3)8-12(13)14(16)17/h4-5,8,15H,1,6-7,9H2,2-3H3,(H,16,17). The molecule has 0 fully saturated rings. The topological polar surface area (TPSA) is 58.6 Å². The van der Waals surface area contributed by atoms with Crippen LogP contribution in [0.3, 0.4) is 0 Å². The third-order valence-corrected chi connectivity index (χ3v) is 2.32. The van der Waals surface area contributed by atoms with Crippen LogP contribution in [0.5, 0.6) is 0 Å². The van der Waals surface area contributed by atoms with E-state index in [0.717, 1.165) is 11.1 Å². The first-order valence-corrected chi connectivity index (χ1v) is 5.80. The number of hydrogen-bond donors (Lipinski definition) is 2. The molecule has 0 aliphatic carbocycles. The van der Waals surface area contributed by atoms with E-state index in [2.05, 4.69) is 11.9 Å². The number of aromatic carboxylic acids is 1. The van der Waals surface area contributed by atoms with Crippen molar-refractivity contribution in [2.24, 2.45) is 0 Å². The Morgan fingerprint density at radius 1 is 1.50 bits per heavy atom. The molecule has 1 aromatic rings. The summed E-state index contributed by atoms with van der Waals surface area (Å²) in [5.74, 6) is -0.927. The van der Waals surface area contributed by atoms with Crippen LogP contribution in [0.4, 0.5) is 5.69 Å². The summed E-state index contributed by atoms with van der Waals surface area (Å²) in [7, 11) is 0. The summed E-state index contributed by atoms with van der Waals surface area (Å²) >= 11 is 0. The molecule has 0 saturated heterocycles. The lowest BCUT2D eigenvalue weighted by Crippen LogP contribution is -2.13. The lowest BCUT2D eigenvalue weighted by molar-refractivity contribution is 0.0697. The van der Waals surface area contributed by atoms with Gasteiger partial charge in [-0.3, -0.25) is 0 Å². The molecule has 4 nitrogen and oxygen atoms in total. The summed E-state index contributed by atoms with van der Waals surface area (Å²) < 4.78 is 5.33. The van der Waals surface area contributed by atoms with E-state index >= 15 is 0 Å². The van der Waals surface area contributed by atoms with Crippen LogP contribution in [0.2, 0.25) is 0 Å². The first kappa shape index (κ1) is 14.3. The summed E-state index contributed by atoms with van der Waals surface area (Å²) in [6.45, 7) is 9.11. The van der Waals surface area contributed by atoms with Gasteiger partial charge in [0.15, 0.2) is 0 Å². The van der Waals surface area contributed by atoms with Crippen molar-refractivity contribution in [3.8, 4) is 0 Å². The molecule has 0 unspecified atom stereocenters. The van der Waals surface area contributed by atoms with Gasteiger partial charge in [0.25, 0.3) is 0 Å². The van der Waals surface area contributed by atoms with Gasteiger partial charge in [-0.15, -0.1) is 0 Å². The largest absolute Gasteiger partial charge is 0.478 e. The number of aryl methyl sites for hydroxylation is 1. The van der Waals surface area contributed by atoms with Gasteiger partial charge in [-0.2, -0.15) is 0 Å². The SMILES string of the molecule is C=C(C)COCCNc1ccc(C)cc1C(=O)O. The molecule has 2 N–H and O–H groups in total. The molecule has 0 aromatic heterocycles. The lowest BCUT2D eigenvalue weighted by Gasteiger charge is -2.10. The second-order valence-corrected chi connectivity index (χ2v) is 4.29. The number of carboxylic acids is 1. The van der Waals surface area contributed by atoms with Gasteiger partial charge >= 0.3 is 5.97 Å². The molecule has 1 rings (SSSR count). The van der Waals surface area contributed by atoms with Crippen LogP contribution >= 0.6 is 0 Å². The molecule has 0 spiro atoms. The number of carboxylic acid groups (broad SMARTS) is 1. The van der Waals surface area contributed by atoms with Crippen LogP contribution in [0, 0.1) is 6.92 Å².